The summed E-state index contributed by atoms with van der Waals surface area (Å²) in [4.78, 5) is 11.7. The Morgan fingerprint density at radius 3 is 1.74 bits per heavy atom. The number of rotatable bonds is 18. The fourth-order valence-electron chi connectivity index (χ4n) is 2.89. The van der Waals surface area contributed by atoms with Crippen molar-refractivity contribution >= 4 is 5.78 Å². The van der Waals surface area contributed by atoms with E-state index >= 15 is 0 Å². The van der Waals surface area contributed by atoms with Gasteiger partial charge in [-0.15, -0.1) is 0 Å². The van der Waals surface area contributed by atoms with E-state index in [4.69, 9.17) is 0 Å². The lowest BCUT2D eigenvalue weighted by Gasteiger charge is -2.07. The third-order valence-corrected chi connectivity index (χ3v) is 4.90. The van der Waals surface area contributed by atoms with E-state index in [1.807, 2.05) is 0 Å². The molecule has 0 rings (SSSR count). The summed E-state index contributed by atoms with van der Waals surface area (Å²) in [6.45, 7) is 8.81. The van der Waals surface area contributed by atoms with Crippen molar-refractivity contribution in [2.75, 3.05) is 13.1 Å². The monoisotopic (exact) mass is 325 g/mol. The SMILES string of the molecule is CCCCCCCCNCCCCCCCCC(=O)C(C)CC. The summed E-state index contributed by atoms with van der Waals surface area (Å²) in [6, 6.07) is 0. The fraction of sp³-hybridized carbons (Fsp3) is 0.952. The lowest BCUT2D eigenvalue weighted by Crippen LogP contribution is -2.16. The van der Waals surface area contributed by atoms with E-state index in [0.717, 1.165) is 19.3 Å². The van der Waals surface area contributed by atoms with Crippen LogP contribution in [0.3, 0.4) is 0 Å². The molecule has 0 aromatic heterocycles. The van der Waals surface area contributed by atoms with Crippen LogP contribution < -0.4 is 5.32 Å². The van der Waals surface area contributed by atoms with Crippen LogP contribution >= 0.6 is 0 Å². The van der Waals surface area contributed by atoms with Gasteiger partial charge in [0.05, 0.1) is 0 Å². The topological polar surface area (TPSA) is 29.1 Å². The summed E-state index contributed by atoms with van der Waals surface area (Å²) in [5, 5.41) is 3.57. The number of nitrogens with one attached hydrogen (secondary N) is 1. The van der Waals surface area contributed by atoms with Crippen LogP contribution in [0, 0.1) is 5.92 Å². The Morgan fingerprint density at radius 2 is 1.22 bits per heavy atom. The number of hydrogen-bond acceptors (Lipinski definition) is 2. The molecule has 0 spiro atoms. The molecule has 23 heavy (non-hydrogen) atoms. The van der Waals surface area contributed by atoms with Crippen LogP contribution in [0.4, 0.5) is 0 Å². The maximum atomic E-state index is 11.7. The van der Waals surface area contributed by atoms with Crippen LogP contribution in [0.5, 0.6) is 0 Å². The van der Waals surface area contributed by atoms with Gasteiger partial charge in [0.15, 0.2) is 0 Å². The zero-order chi connectivity index (χ0) is 17.2. The lowest BCUT2D eigenvalue weighted by molar-refractivity contribution is -0.122. The van der Waals surface area contributed by atoms with Crippen molar-refractivity contribution < 1.29 is 4.79 Å². The van der Waals surface area contributed by atoms with Crippen molar-refractivity contribution in [1.82, 2.24) is 5.32 Å². The quantitative estimate of drug-likeness (QED) is 0.300. The molecule has 138 valence electrons. The standard InChI is InChI=1S/C21H43NO/c1-4-6-7-8-12-15-18-22-19-16-13-10-9-11-14-17-21(23)20(3)5-2/h20,22H,4-19H2,1-3H3. The Bertz CT molecular complexity index is 252. The Kier molecular flexibility index (Phi) is 17.7. The first-order chi connectivity index (χ1) is 11.2. The van der Waals surface area contributed by atoms with Crippen molar-refractivity contribution in [2.24, 2.45) is 5.92 Å². The molecule has 2 heteroatoms. The lowest BCUT2D eigenvalue weighted by atomic mass is 9.98. The molecule has 1 unspecified atom stereocenters. The Labute approximate surface area is 146 Å². The van der Waals surface area contributed by atoms with Gasteiger partial charge in [-0.2, -0.15) is 0 Å². The van der Waals surface area contributed by atoms with Gasteiger partial charge >= 0.3 is 0 Å². The normalized spacial score (nSPS) is 12.5. The van der Waals surface area contributed by atoms with Gasteiger partial charge in [-0.25, -0.2) is 0 Å². The minimum absolute atomic E-state index is 0.271. The van der Waals surface area contributed by atoms with E-state index in [0.29, 0.717) is 5.78 Å². The predicted octanol–water partition coefficient (Wildman–Crippen LogP) is 6.28. The van der Waals surface area contributed by atoms with Gasteiger partial charge in [-0.05, 0) is 38.8 Å². The van der Waals surface area contributed by atoms with Crippen LogP contribution in [0.15, 0.2) is 0 Å². The highest BCUT2D eigenvalue weighted by Crippen LogP contribution is 2.11. The van der Waals surface area contributed by atoms with Crippen molar-refractivity contribution in [2.45, 2.75) is 111 Å². The molecule has 0 bridgehead atoms. The number of hydrogen-bond donors (Lipinski definition) is 1. The number of carbonyl (C=O) groups excluding carboxylic acids is 1. The highest BCUT2D eigenvalue weighted by atomic mass is 16.1. The van der Waals surface area contributed by atoms with Crippen molar-refractivity contribution in [3.8, 4) is 0 Å². The molecule has 0 aliphatic heterocycles. The molecule has 0 aliphatic carbocycles. The first-order valence-corrected chi connectivity index (χ1v) is 10.5. The zero-order valence-electron chi connectivity index (χ0n) is 16.3. The van der Waals surface area contributed by atoms with E-state index in [1.165, 1.54) is 83.7 Å². The van der Waals surface area contributed by atoms with Crippen LogP contribution in [-0.4, -0.2) is 18.9 Å². The Balaban J connectivity index is 3.09. The number of Topliss-reactive ketones (excluding diaryl/α,β-unsaturated/α-hetero) is 1. The molecule has 1 atom stereocenters. The fourth-order valence-corrected chi connectivity index (χ4v) is 2.89. The molecule has 2 nitrogen and oxygen atoms in total. The molecule has 0 saturated heterocycles. The molecule has 0 heterocycles. The van der Waals surface area contributed by atoms with Gasteiger partial charge in [0.1, 0.15) is 5.78 Å². The van der Waals surface area contributed by atoms with Crippen LogP contribution in [-0.2, 0) is 4.79 Å². The maximum Gasteiger partial charge on any atom is 0.135 e. The third-order valence-electron chi connectivity index (χ3n) is 4.90. The van der Waals surface area contributed by atoms with E-state index in [1.54, 1.807) is 0 Å². The van der Waals surface area contributed by atoms with Crippen LogP contribution in [0.25, 0.3) is 0 Å². The molecule has 0 radical (unpaired) electrons. The molecule has 1 N–H and O–H groups in total. The predicted molar refractivity (Wildman–Crippen MR) is 103 cm³/mol. The van der Waals surface area contributed by atoms with Crippen LogP contribution in [0.2, 0.25) is 0 Å². The number of carbonyl (C=O) groups is 1. The van der Waals surface area contributed by atoms with Crippen molar-refractivity contribution in [3.63, 3.8) is 0 Å². The van der Waals surface area contributed by atoms with E-state index < -0.39 is 0 Å². The average Bonchev–Trinajstić information content (AvgIpc) is 2.57. The molecule has 0 aromatic rings. The Morgan fingerprint density at radius 1 is 0.739 bits per heavy atom. The second kappa shape index (κ2) is 18.0. The van der Waals surface area contributed by atoms with Gasteiger partial charge in [0.2, 0.25) is 0 Å². The summed E-state index contributed by atoms with van der Waals surface area (Å²) in [5.41, 5.74) is 0. The maximum absolute atomic E-state index is 11.7. The molecular weight excluding hydrogens is 282 g/mol. The first-order valence-electron chi connectivity index (χ1n) is 10.5. The van der Waals surface area contributed by atoms with Crippen LogP contribution in [0.1, 0.15) is 111 Å². The summed E-state index contributed by atoms with van der Waals surface area (Å²) in [5.74, 6) is 0.735. The number of unbranched alkanes of at least 4 members (excludes halogenated alkanes) is 10. The van der Waals surface area contributed by atoms with Gasteiger partial charge in [-0.3, -0.25) is 4.79 Å². The van der Waals surface area contributed by atoms with Gasteiger partial charge in [0.25, 0.3) is 0 Å². The largest absolute Gasteiger partial charge is 0.317 e. The summed E-state index contributed by atoms with van der Waals surface area (Å²) >= 11 is 0. The van der Waals surface area contributed by atoms with Gasteiger partial charge in [0, 0.05) is 12.3 Å². The van der Waals surface area contributed by atoms with E-state index in [-0.39, 0.29) is 5.92 Å². The first kappa shape index (κ1) is 22.6. The van der Waals surface area contributed by atoms with Crippen molar-refractivity contribution in [3.05, 3.63) is 0 Å². The minimum Gasteiger partial charge on any atom is -0.317 e. The molecular formula is C21H43NO. The summed E-state index contributed by atoms with van der Waals surface area (Å²) in [6.07, 6.45) is 17.7. The van der Waals surface area contributed by atoms with Gasteiger partial charge < -0.3 is 5.32 Å². The minimum atomic E-state index is 0.271. The molecule has 0 aromatic carbocycles. The smallest absolute Gasteiger partial charge is 0.135 e. The molecule has 0 aliphatic rings. The number of ketones is 1. The zero-order valence-corrected chi connectivity index (χ0v) is 16.3. The highest BCUT2D eigenvalue weighted by molar-refractivity contribution is 5.80. The third kappa shape index (κ3) is 16.3. The second-order valence-electron chi connectivity index (χ2n) is 7.16. The van der Waals surface area contributed by atoms with Gasteiger partial charge in [-0.1, -0.05) is 78.6 Å². The Hall–Kier alpha value is -0.370. The summed E-state index contributed by atoms with van der Waals surface area (Å²) in [7, 11) is 0. The second-order valence-corrected chi connectivity index (χ2v) is 7.16. The molecule has 0 saturated carbocycles. The highest BCUT2D eigenvalue weighted by Gasteiger charge is 2.09. The average molecular weight is 326 g/mol. The van der Waals surface area contributed by atoms with E-state index in [9.17, 15) is 4.79 Å². The molecule has 0 fully saturated rings. The van der Waals surface area contributed by atoms with E-state index in [2.05, 4.69) is 26.1 Å². The summed E-state index contributed by atoms with van der Waals surface area (Å²) < 4.78 is 0. The molecule has 0 amide bonds. The van der Waals surface area contributed by atoms with Crippen molar-refractivity contribution in [1.29, 1.82) is 0 Å².